The molecular formula is C10H22N2OS. The first kappa shape index (κ1) is 13.8. The normalized spacial score (nSPS) is 16.4. The molecule has 3 nitrogen and oxygen atoms in total. The van der Waals surface area contributed by atoms with Crippen LogP contribution in [0.2, 0.25) is 0 Å². The van der Waals surface area contributed by atoms with E-state index in [9.17, 15) is 5.11 Å². The van der Waals surface area contributed by atoms with Crippen LogP contribution in [0.4, 0.5) is 0 Å². The molecule has 0 amide bonds. The molecule has 0 radical (unpaired) electrons. The van der Waals surface area contributed by atoms with Crippen LogP contribution in [0.25, 0.3) is 0 Å². The van der Waals surface area contributed by atoms with Crippen molar-refractivity contribution in [3.05, 3.63) is 0 Å². The summed E-state index contributed by atoms with van der Waals surface area (Å²) in [5.41, 5.74) is 5.25. The van der Waals surface area contributed by atoms with Gasteiger partial charge in [-0.25, -0.2) is 0 Å². The Morgan fingerprint density at radius 3 is 2.36 bits per heavy atom. The molecule has 0 aliphatic heterocycles. The molecule has 0 bridgehead atoms. The number of nitrogens with two attached hydrogens (primary N) is 1. The van der Waals surface area contributed by atoms with Gasteiger partial charge in [0.1, 0.15) is 0 Å². The number of rotatable bonds is 6. The van der Waals surface area contributed by atoms with Gasteiger partial charge in [-0.3, -0.25) is 5.41 Å². The predicted molar refractivity (Wildman–Crippen MR) is 63.9 cm³/mol. The smallest absolute Gasteiger partial charge is 0.0963 e. The van der Waals surface area contributed by atoms with Gasteiger partial charge in [0.15, 0.2) is 0 Å². The predicted octanol–water partition coefficient (Wildman–Crippen LogP) is 1.84. The standard InChI is InChI=1S/C10H22N2OS/c1-7(13)8(2)14-6-5-10(3,4)9(11)12/h7-8,13H,5-6H2,1-4H3,(H3,11,12). The van der Waals surface area contributed by atoms with E-state index in [0.717, 1.165) is 12.2 Å². The van der Waals surface area contributed by atoms with Crippen molar-refractivity contribution in [2.45, 2.75) is 45.5 Å². The zero-order valence-corrected chi connectivity index (χ0v) is 10.3. The molecule has 0 saturated heterocycles. The molecule has 0 aromatic rings. The zero-order valence-electron chi connectivity index (χ0n) is 9.50. The number of aliphatic hydroxyl groups excluding tert-OH is 1. The quantitative estimate of drug-likeness (QED) is 0.470. The molecule has 0 spiro atoms. The van der Waals surface area contributed by atoms with Crippen LogP contribution in [0, 0.1) is 10.8 Å². The summed E-state index contributed by atoms with van der Waals surface area (Å²) in [6, 6.07) is 0. The fourth-order valence-electron chi connectivity index (χ4n) is 0.774. The highest BCUT2D eigenvalue weighted by atomic mass is 32.2. The van der Waals surface area contributed by atoms with E-state index in [0.29, 0.717) is 0 Å². The molecule has 0 saturated carbocycles. The number of hydrogen-bond acceptors (Lipinski definition) is 3. The van der Waals surface area contributed by atoms with E-state index in [-0.39, 0.29) is 22.6 Å². The monoisotopic (exact) mass is 218 g/mol. The van der Waals surface area contributed by atoms with Crippen LogP contribution in [0.15, 0.2) is 0 Å². The summed E-state index contributed by atoms with van der Waals surface area (Å²) in [7, 11) is 0. The van der Waals surface area contributed by atoms with Gasteiger partial charge >= 0.3 is 0 Å². The number of thioether (sulfide) groups is 1. The van der Waals surface area contributed by atoms with Crippen molar-refractivity contribution >= 4 is 17.6 Å². The van der Waals surface area contributed by atoms with E-state index < -0.39 is 0 Å². The maximum atomic E-state index is 9.27. The Balaban J connectivity index is 3.79. The first-order valence-electron chi connectivity index (χ1n) is 4.91. The lowest BCUT2D eigenvalue weighted by Crippen LogP contribution is -2.31. The molecular weight excluding hydrogens is 196 g/mol. The number of nitrogens with one attached hydrogen (secondary N) is 1. The molecule has 0 heterocycles. The van der Waals surface area contributed by atoms with Gasteiger partial charge in [0, 0.05) is 10.7 Å². The molecule has 14 heavy (non-hydrogen) atoms. The van der Waals surface area contributed by atoms with Crippen LogP contribution >= 0.6 is 11.8 Å². The van der Waals surface area contributed by atoms with Crippen molar-refractivity contribution in [1.82, 2.24) is 0 Å². The maximum absolute atomic E-state index is 9.27. The lowest BCUT2D eigenvalue weighted by Gasteiger charge is -2.23. The van der Waals surface area contributed by atoms with Crippen molar-refractivity contribution in [3.8, 4) is 0 Å². The summed E-state index contributed by atoms with van der Waals surface area (Å²) in [6.07, 6.45) is 0.602. The van der Waals surface area contributed by atoms with Crippen molar-refractivity contribution in [2.24, 2.45) is 11.1 Å². The van der Waals surface area contributed by atoms with Crippen LogP contribution in [0.5, 0.6) is 0 Å². The van der Waals surface area contributed by atoms with Crippen LogP contribution in [0.3, 0.4) is 0 Å². The topological polar surface area (TPSA) is 70.1 Å². The summed E-state index contributed by atoms with van der Waals surface area (Å²) in [4.78, 5) is 0. The van der Waals surface area contributed by atoms with Gasteiger partial charge in [-0.1, -0.05) is 20.8 Å². The maximum Gasteiger partial charge on any atom is 0.0963 e. The Bertz CT molecular complexity index is 193. The lowest BCUT2D eigenvalue weighted by atomic mass is 9.89. The summed E-state index contributed by atoms with van der Waals surface area (Å²) in [5, 5.41) is 16.9. The Hall–Kier alpha value is -0.220. The summed E-state index contributed by atoms with van der Waals surface area (Å²) < 4.78 is 0. The van der Waals surface area contributed by atoms with Crippen molar-refractivity contribution in [1.29, 1.82) is 5.41 Å². The third-order valence-electron chi connectivity index (χ3n) is 2.52. The zero-order chi connectivity index (χ0) is 11.4. The van der Waals surface area contributed by atoms with Gasteiger partial charge in [-0.05, 0) is 19.1 Å². The van der Waals surface area contributed by atoms with Crippen LogP contribution in [-0.2, 0) is 0 Å². The van der Waals surface area contributed by atoms with Gasteiger partial charge in [0.2, 0.25) is 0 Å². The Kier molecular flexibility index (Phi) is 5.52. The second-order valence-corrected chi connectivity index (χ2v) is 5.85. The van der Waals surface area contributed by atoms with Crippen molar-refractivity contribution in [3.63, 3.8) is 0 Å². The average Bonchev–Trinajstić information content (AvgIpc) is 2.03. The Labute approximate surface area is 91.0 Å². The highest BCUT2D eigenvalue weighted by Crippen LogP contribution is 2.24. The first-order valence-corrected chi connectivity index (χ1v) is 5.96. The van der Waals surface area contributed by atoms with Crippen LogP contribution in [0.1, 0.15) is 34.1 Å². The minimum absolute atomic E-state index is 0.217. The summed E-state index contributed by atoms with van der Waals surface area (Å²) in [5.74, 6) is 1.17. The van der Waals surface area contributed by atoms with Crippen LogP contribution < -0.4 is 5.73 Å². The van der Waals surface area contributed by atoms with Gasteiger partial charge < -0.3 is 10.8 Å². The number of hydrogen-bond donors (Lipinski definition) is 3. The highest BCUT2D eigenvalue weighted by molar-refractivity contribution is 7.99. The molecule has 0 rings (SSSR count). The lowest BCUT2D eigenvalue weighted by molar-refractivity contribution is 0.196. The molecule has 0 aliphatic carbocycles. The Morgan fingerprint density at radius 2 is 2.00 bits per heavy atom. The van der Waals surface area contributed by atoms with E-state index in [4.69, 9.17) is 11.1 Å². The molecule has 0 aromatic heterocycles. The third kappa shape index (κ3) is 4.86. The largest absolute Gasteiger partial charge is 0.392 e. The van der Waals surface area contributed by atoms with E-state index in [1.54, 1.807) is 18.7 Å². The second kappa shape index (κ2) is 5.61. The SMILES string of the molecule is CC(O)C(C)SCCC(C)(C)C(=N)N. The number of aliphatic hydroxyl groups is 1. The van der Waals surface area contributed by atoms with Crippen molar-refractivity contribution < 1.29 is 5.11 Å². The molecule has 0 aromatic carbocycles. The van der Waals surface area contributed by atoms with Crippen molar-refractivity contribution in [2.75, 3.05) is 5.75 Å². The minimum atomic E-state index is -0.277. The van der Waals surface area contributed by atoms with Gasteiger partial charge in [-0.15, -0.1) is 0 Å². The average molecular weight is 218 g/mol. The number of amidine groups is 1. The fourth-order valence-corrected chi connectivity index (χ4v) is 2.05. The van der Waals surface area contributed by atoms with E-state index in [2.05, 4.69) is 0 Å². The molecule has 2 unspecified atom stereocenters. The molecule has 2 atom stereocenters. The molecule has 4 heteroatoms. The van der Waals surface area contributed by atoms with E-state index in [1.807, 2.05) is 20.8 Å². The first-order chi connectivity index (χ1) is 6.27. The summed E-state index contributed by atoms with van der Waals surface area (Å²) >= 11 is 1.73. The Morgan fingerprint density at radius 1 is 1.50 bits per heavy atom. The van der Waals surface area contributed by atoms with E-state index in [1.165, 1.54) is 0 Å². The minimum Gasteiger partial charge on any atom is -0.392 e. The van der Waals surface area contributed by atoms with Gasteiger partial charge in [0.25, 0.3) is 0 Å². The molecule has 84 valence electrons. The van der Waals surface area contributed by atoms with E-state index >= 15 is 0 Å². The van der Waals surface area contributed by atoms with Gasteiger partial charge in [0.05, 0.1) is 11.9 Å². The second-order valence-electron chi connectivity index (χ2n) is 4.36. The molecule has 0 fully saturated rings. The summed E-state index contributed by atoms with van der Waals surface area (Å²) in [6.45, 7) is 7.76. The third-order valence-corrected chi connectivity index (χ3v) is 3.88. The van der Waals surface area contributed by atoms with Gasteiger partial charge in [-0.2, -0.15) is 11.8 Å². The molecule has 0 aliphatic rings. The molecule has 4 N–H and O–H groups in total. The fraction of sp³-hybridized carbons (Fsp3) is 0.900. The van der Waals surface area contributed by atoms with Crippen LogP contribution in [-0.4, -0.2) is 28.0 Å². The highest BCUT2D eigenvalue weighted by Gasteiger charge is 2.21.